The van der Waals surface area contributed by atoms with Gasteiger partial charge in [-0.25, -0.2) is 0 Å². The number of amides is 1. The van der Waals surface area contributed by atoms with E-state index >= 15 is 0 Å². The predicted octanol–water partition coefficient (Wildman–Crippen LogP) is 0.183. The maximum absolute atomic E-state index is 11.3. The zero-order valence-corrected chi connectivity index (χ0v) is 9.67. The quantitative estimate of drug-likeness (QED) is 0.685. The van der Waals surface area contributed by atoms with E-state index in [0.717, 1.165) is 26.1 Å². The van der Waals surface area contributed by atoms with Crippen LogP contribution in [0.5, 0.6) is 0 Å². The van der Waals surface area contributed by atoms with Crippen molar-refractivity contribution in [3.05, 3.63) is 0 Å². The largest absolute Gasteiger partial charge is 0.356 e. The maximum atomic E-state index is 11.3. The summed E-state index contributed by atoms with van der Waals surface area (Å²) in [6.07, 6.45) is 3.77. The van der Waals surface area contributed by atoms with Crippen molar-refractivity contribution in [2.75, 3.05) is 33.2 Å². The Labute approximate surface area is 92.2 Å². The molecular weight excluding hydrogens is 190 g/mol. The number of hydrogen-bond donors (Lipinski definition) is 2. The molecule has 0 aliphatic carbocycles. The molecule has 0 radical (unpaired) electrons. The van der Waals surface area contributed by atoms with E-state index in [0.29, 0.717) is 18.9 Å². The van der Waals surface area contributed by atoms with Crippen molar-refractivity contribution in [3.63, 3.8) is 0 Å². The molecule has 0 bridgehead atoms. The third-order valence-electron chi connectivity index (χ3n) is 3.03. The van der Waals surface area contributed by atoms with Crippen molar-refractivity contribution in [2.45, 2.75) is 25.7 Å². The van der Waals surface area contributed by atoms with Gasteiger partial charge in [0.15, 0.2) is 0 Å². The second-order valence-electron chi connectivity index (χ2n) is 4.44. The summed E-state index contributed by atoms with van der Waals surface area (Å²) in [4.78, 5) is 13.7. The molecule has 4 heteroatoms. The van der Waals surface area contributed by atoms with Gasteiger partial charge < -0.3 is 16.0 Å². The Morgan fingerprint density at radius 3 is 2.73 bits per heavy atom. The maximum Gasteiger partial charge on any atom is 0.220 e. The molecule has 0 aromatic carbocycles. The first-order chi connectivity index (χ1) is 7.22. The highest BCUT2D eigenvalue weighted by Gasteiger charge is 2.16. The molecule has 1 heterocycles. The number of carbonyl (C=O) groups is 1. The Morgan fingerprint density at radius 2 is 2.13 bits per heavy atom. The van der Waals surface area contributed by atoms with Crippen molar-refractivity contribution < 1.29 is 4.79 Å². The van der Waals surface area contributed by atoms with E-state index in [2.05, 4.69) is 17.3 Å². The van der Waals surface area contributed by atoms with Crippen LogP contribution in [0.15, 0.2) is 0 Å². The van der Waals surface area contributed by atoms with Crippen LogP contribution < -0.4 is 11.1 Å². The number of hydrogen-bond acceptors (Lipinski definition) is 3. The van der Waals surface area contributed by atoms with Crippen molar-refractivity contribution in [1.29, 1.82) is 0 Å². The topological polar surface area (TPSA) is 58.4 Å². The zero-order valence-electron chi connectivity index (χ0n) is 9.67. The van der Waals surface area contributed by atoms with Gasteiger partial charge in [0.1, 0.15) is 0 Å². The lowest BCUT2D eigenvalue weighted by molar-refractivity contribution is -0.121. The van der Waals surface area contributed by atoms with E-state index in [9.17, 15) is 4.79 Å². The minimum absolute atomic E-state index is 0.152. The number of carbonyl (C=O) groups excluding carboxylic acids is 1. The molecule has 1 fully saturated rings. The van der Waals surface area contributed by atoms with Crippen LogP contribution in [0.1, 0.15) is 25.7 Å². The van der Waals surface area contributed by atoms with Crippen LogP contribution in [0.25, 0.3) is 0 Å². The molecule has 1 aliphatic rings. The minimum atomic E-state index is 0.152. The van der Waals surface area contributed by atoms with Gasteiger partial charge in [-0.3, -0.25) is 4.79 Å². The molecule has 0 spiro atoms. The number of nitrogens with zero attached hydrogens (tertiary/aromatic N) is 1. The van der Waals surface area contributed by atoms with Crippen LogP contribution >= 0.6 is 0 Å². The third-order valence-corrected chi connectivity index (χ3v) is 3.03. The van der Waals surface area contributed by atoms with E-state index in [1.165, 1.54) is 12.8 Å². The molecule has 3 N–H and O–H groups in total. The molecule has 1 amide bonds. The van der Waals surface area contributed by atoms with Gasteiger partial charge in [0.05, 0.1) is 0 Å². The van der Waals surface area contributed by atoms with E-state index in [4.69, 9.17) is 5.73 Å². The van der Waals surface area contributed by atoms with Crippen LogP contribution in [-0.4, -0.2) is 44.0 Å². The van der Waals surface area contributed by atoms with E-state index in [1.54, 1.807) is 0 Å². The summed E-state index contributed by atoms with van der Waals surface area (Å²) in [7, 11) is 2.15. The molecule has 0 aromatic rings. The molecule has 1 saturated heterocycles. The van der Waals surface area contributed by atoms with Gasteiger partial charge in [-0.2, -0.15) is 0 Å². The Bertz CT molecular complexity index is 188. The van der Waals surface area contributed by atoms with Crippen molar-refractivity contribution in [1.82, 2.24) is 10.2 Å². The smallest absolute Gasteiger partial charge is 0.220 e. The number of nitrogens with two attached hydrogens (primary N) is 1. The van der Waals surface area contributed by atoms with Gasteiger partial charge in [0.2, 0.25) is 5.91 Å². The van der Waals surface area contributed by atoms with Gasteiger partial charge >= 0.3 is 0 Å². The lowest BCUT2D eigenvalue weighted by Crippen LogP contribution is -2.36. The molecule has 1 rings (SSSR count). The highest BCUT2D eigenvalue weighted by molar-refractivity contribution is 5.75. The third kappa shape index (κ3) is 5.14. The monoisotopic (exact) mass is 213 g/mol. The first-order valence-corrected chi connectivity index (χ1v) is 5.87. The van der Waals surface area contributed by atoms with Crippen molar-refractivity contribution >= 4 is 5.91 Å². The summed E-state index contributed by atoms with van der Waals surface area (Å²) in [5, 5.41) is 2.99. The normalized spacial score (nSPS) is 19.1. The van der Waals surface area contributed by atoms with E-state index < -0.39 is 0 Å². The second kappa shape index (κ2) is 6.80. The number of nitrogens with one attached hydrogen (secondary N) is 1. The predicted molar refractivity (Wildman–Crippen MR) is 61.5 cm³/mol. The number of likely N-dealkylation sites (tertiary alicyclic amines) is 1. The minimum Gasteiger partial charge on any atom is -0.356 e. The van der Waals surface area contributed by atoms with Gasteiger partial charge in [0, 0.05) is 13.0 Å². The Kier molecular flexibility index (Phi) is 5.65. The first-order valence-electron chi connectivity index (χ1n) is 5.87. The highest BCUT2D eigenvalue weighted by Crippen LogP contribution is 2.14. The summed E-state index contributed by atoms with van der Waals surface area (Å²) < 4.78 is 0. The molecule has 0 saturated carbocycles. The Hall–Kier alpha value is -0.610. The van der Waals surface area contributed by atoms with Crippen LogP contribution in [0, 0.1) is 5.92 Å². The highest BCUT2D eigenvalue weighted by atomic mass is 16.1. The lowest BCUT2D eigenvalue weighted by atomic mass is 9.97. The Balaban J connectivity index is 2.06. The summed E-state index contributed by atoms with van der Waals surface area (Å²) in [5.74, 6) is 0.822. The second-order valence-corrected chi connectivity index (χ2v) is 4.44. The molecule has 88 valence electrons. The van der Waals surface area contributed by atoms with Gasteiger partial charge in [-0.1, -0.05) is 0 Å². The molecule has 1 aliphatic heterocycles. The molecule has 0 unspecified atom stereocenters. The van der Waals surface area contributed by atoms with Crippen molar-refractivity contribution in [3.8, 4) is 0 Å². The van der Waals surface area contributed by atoms with Gasteiger partial charge in [-0.05, 0) is 51.9 Å². The van der Waals surface area contributed by atoms with Gasteiger partial charge in [0.25, 0.3) is 0 Å². The fourth-order valence-corrected chi connectivity index (χ4v) is 1.88. The lowest BCUT2D eigenvalue weighted by Gasteiger charge is -2.28. The zero-order chi connectivity index (χ0) is 11.1. The first kappa shape index (κ1) is 12.5. The van der Waals surface area contributed by atoms with Crippen LogP contribution in [0.2, 0.25) is 0 Å². The van der Waals surface area contributed by atoms with Crippen LogP contribution in [0.4, 0.5) is 0 Å². The fraction of sp³-hybridized carbons (Fsp3) is 0.909. The summed E-state index contributed by atoms with van der Waals surface area (Å²) in [6.45, 7) is 3.76. The van der Waals surface area contributed by atoms with E-state index in [-0.39, 0.29) is 5.91 Å². The average Bonchev–Trinajstić information content (AvgIpc) is 2.25. The van der Waals surface area contributed by atoms with Crippen LogP contribution in [-0.2, 0) is 4.79 Å². The molecule has 4 nitrogen and oxygen atoms in total. The molecular formula is C11H23N3O. The summed E-state index contributed by atoms with van der Waals surface area (Å²) in [6, 6.07) is 0. The number of piperidine rings is 1. The molecule has 0 aromatic heterocycles. The SMILES string of the molecule is CN1CCC(CNC(=O)CCCN)CC1. The van der Waals surface area contributed by atoms with E-state index in [1.807, 2.05) is 0 Å². The molecule has 15 heavy (non-hydrogen) atoms. The fourth-order valence-electron chi connectivity index (χ4n) is 1.88. The Morgan fingerprint density at radius 1 is 1.47 bits per heavy atom. The number of rotatable bonds is 5. The summed E-state index contributed by atoms with van der Waals surface area (Å²) >= 11 is 0. The molecule has 0 atom stereocenters. The van der Waals surface area contributed by atoms with Gasteiger partial charge in [-0.15, -0.1) is 0 Å². The standard InChI is InChI=1S/C11H23N3O/c1-14-7-4-10(5-8-14)9-13-11(15)3-2-6-12/h10H,2-9,12H2,1H3,(H,13,15). The average molecular weight is 213 g/mol. The summed E-state index contributed by atoms with van der Waals surface area (Å²) in [5.41, 5.74) is 5.35. The van der Waals surface area contributed by atoms with Crippen LogP contribution in [0.3, 0.4) is 0 Å². The van der Waals surface area contributed by atoms with Crippen molar-refractivity contribution in [2.24, 2.45) is 11.7 Å².